The molecule has 0 saturated carbocycles. The first kappa shape index (κ1) is 18.7. The molecule has 2 aromatic rings. The van der Waals surface area contributed by atoms with Crippen LogP contribution in [0, 0.1) is 0 Å². The van der Waals surface area contributed by atoms with Crippen LogP contribution in [0.1, 0.15) is 47.3 Å². The number of hydrogen-bond acceptors (Lipinski definition) is 3. The lowest BCUT2D eigenvalue weighted by Crippen LogP contribution is -2.34. The number of anilines is 1. The molecule has 0 aliphatic heterocycles. The van der Waals surface area contributed by atoms with Crippen LogP contribution in [0.3, 0.4) is 0 Å². The standard InChI is InChI=1S/C20H21ClN2O2S/c1-2-25-19(24)16-11-10-14(12-17(16)21)22-20(26)23-18-9-5-7-13-6-3-4-8-15(13)18/h3-4,6,8,10-12,18H,2,5,7,9H2,1H3,(H2,22,23,26). The highest BCUT2D eigenvalue weighted by Crippen LogP contribution is 2.29. The predicted molar refractivity (Wildman–Crippen MR) is 109 cm³/mol. The number of fused-ring (bicyclic) bond motifs is 1. The smallest absolute Gasteiger partial charge is 0.339 e. The molecule has 0 saturated heterocycles. The van der Waals surface area contributed by atoms with E-state index in [1.54, 1.807) is 25.1 Å². The molecule has 136 valence electrons. The van der Waals surface area contributed by atoms with E-state index in [9.17, 15) is 4.79 Å². The molecule has 4 nitrogen and oxygen atoms in total. The van der Waals surface area contributed by atoms with Gasteiger partial charge in [0.05, 0.1) is 23.2 Å². The third-order valence-corrected chi connectivity index (χ3v) is 4.93. The second kappa shape index (κ2) is 8.52. The fourth-order valence-corrected chi connectivity index (χ4v) is 3.71. The Bertz CT molecular complexity index is 825. The zero-order valence-electron chi connectivity index (χ0n) is 14.5. The Morgan fingerprint density at radius 2 is 2.12 bits per heavy atom. The fraction of sp³-hybridized carbons (Fsp3) is 0.300. The maximum absolute atomic E-state index is 11.8. The summed E-state index contributed by atoms with van der Waals surface area (Å²) in [6.07, 6.45) is 3.29. The van der Waals surface area contributed by atoms with Crippen LogP contribution in [-0.4, -0.2) is 17.7 Å². The Labute approximate surface area is 163 Å². The number of halogens is 1. The van der Waals surface area contributed by atoms with E-state index in [0.29, 0.717) is 22.3 Å². The number of carbonyl (C=O) groups excluding carboxylic acids is 1. The summed E-state index contributed by atoms with van der Waals surface area (Å²) in [5.41, 5.74) is 3.75. The molecular weight excluding hydrogens is 368 g/mol. The molecule has 0 aromatic heterocycles. The van der Waals surface area contributed by atoms with Gasteiger partial charge >= 0.3 is 5.97 Å². The van der Waals surface area contributed by atoms with Crippen molar-refractivity contribution in [1.82, 2.24) is 5.32 Å². The molecule has 1 unspecified atom stereocenters. The highest BCUT2D eigenvalue weighted by atomic mass is 35.5. The fourth-order valence-electron chi connectivity index (χ4n) is 3.20. The SMILES string of the molecule is CCOC(=O)c1ccc(NC(=S)NC2CCCc3ccccc32)cc1Cl. The second-order valence-electron chi connectivity index (χ2n) is 6.16. The Morgan fingerprint density at radius 3 is 2.88 bits per heavy atom. The first-order chi connectivity index (χ1) is 12.6. The minimum absolute atomic E-state index is 0.203. The van der Waals surface area contributed by atoms with Crippen LogP contribution in [0.25, 0.3) is 0 Å². The van der Waals surface area contributed by atoms with E-state index >= 15 is 0 Å². The molecule has 1 atom stereocenters. The number of esters is 1. The molecule has 0 heterocycles. The van der Waals surface area contributed by atoms with Crippen molar-refractivity contribution in [2.45, 2.75) is 32.2 Å². The zero-order chi connectivity index (χ0) is 18.5. The van der Waals surface area contributed by atoms with E-state index < -0.39 is 5.97 Å². The highest BCUT2D eigenvalue weighted by molar-refractivity contribution is 7.80. The summed E-state index contributed by atoms with van der Waals surface area (Å²) in [4.78, 5) is 11.8. The molecule has 3 rings (SSSR count). The molecule has 0 amide bonds. The maximum atomic E-state index is 11.8. The molecule has 2 aromatic carbocycles. The number of hydrogen-bond donors (Lipinski definition) is 2. The summed E-state index contributed by atoms with van der Waals surface area (Å²) in [7, 11) is 0. The number of thiocarbonyl (C=S) groups is 1. The van der Waals surface area contributed by atoms with Crippen LogP contribution in [0.4, 0.5) is 5.69 Å². The summed E-state index contributed by atoms with van der Waals surface area (Å²) in [5.74, 6) is -0.427. The van der Waals surface area contributed by atoms with Gasteiger partial charge in [-0.1, -0.05) is 35.9 Å². The highest BCUT2D eigenvalue weighted by Gasteiger charge is 2.20. The molecule has 1 aliphatic carbocycles. The van der Waals surface area contributed by atoms with Gasteiger partial charge in [0, 0.05) is 5.69 Å². The van der Waals surface area contributed by atoms with Crippen molar-refractivity contribution in [3.63, 3.8) is 0 Å². The number of aryl methyl sites for hydroxylation is 1. The predicted octanol–water partition coefficient (Wildman–Crippen LogP) is 4.88. The molecule has 2 N–H and O–H groups in total. The average Bonchev–Trinajstić information content (AvgIpc) is 2.62. The summed E-state index contributed by atoms with van der Waals surface area (Å²) < 4.78 is 4.98. The Morgan fingerprint density at radius 1 is 1.31 bits per heavy atom. The Balaban J connectivity index is 1.66. The van der Waals surface area contributed by atoms with Crippen molar-refractivity contribution in [3.8, 4) is 0 Å². The van der Waals surface area contributed by atoms with Crippen molar-refractivity contribution in [3.05, 3.63) is 64.2 Å². The zero-order valence-corrected chi connectivity index (χ0v) is 16.1. The Hall–Kier alpha value is -2.11. The Kier molecular flexibility index (Phi) is 6.12. The van der Waals surface area contributed by atoms with Gasteiger partial charge in [-0.2, -0.15) is 0 Å². The van der Waals surface area contributed by atoms with E-state index in [-0.39, 0.29) is 6.04 Å². The van der Waals surface area contributed by atoms with Gasteiger partial charge in [-0.3, -0.25) is 0 Å². The summed E-state index contributed by atoms with van der Waals surface area (Å²) in [6.45, 7) is 2.07. The molecule has 0 fully saturated rings. The van der Waals surface area contributed by atoms with Gasteiger partial charge in [0.1, 0.15) is 0 Å². The number of ether oxygens (including phenoxy) is 1. The van der Waals surface area contributed by atoms with Crippen molar-refractivity contribution >= 4 is 40.6 Å². The second-order valence-corrected chi connectivity index (χ2v) is 6.97. The van der Waals surface area contributed by atoms with Crippen LogP contribution >= 0.6 is 23.8 Å². The summed E-state index contributed by atoms with van der Waals surface area (Å²) >= 11 is 11.7. The van der Waals surface area contributed by atoms with Crippen molar-refractivity contribution in [1.29, 1.82) is 0 Å². The minimum Gasteiger partial charge on any atom is -0.462 e. The lowest BCUT2D eigenvalue weighted by molar-refractivity contribution is 0.0526. The lowest BCUT2D eigenvalue weighted by Gasteiger charge is -2.27. The van der Waals surface area contributed by atoms with Crippen LogP contribution in [0.2, 0.25) is 5.02 Å². The third-order valence-electron chi connectivity index (χ3n) is 4.40. The molecule has 26 heavy (non-hydrogen) atoms. The molecular formula is C20H21ClN2O2S. The van der Waals surface area contributed by atoms with Crippen molar-refractivity contribution in [2.75, 3.05) is 11.9 Å². The number of nitrogens with one attached hydrogen (secondary N) is 2. The van der Waals surface area contributed by atoms with E-state index in [4.69, 9.17) is 28.6 Å². The normalized spacial score (nSPS) is 15.7. The van der Waals surface area contributed by atoms with E-state index in [1.807, 2.05) is 0 Å². The molecule has 1 aliphatic rings. The van der Waals surface area contributed by atoms with Crippen molar-refractivity contribution < 1.29 is 9.53 Å². The largest absolute Gasteiger partial charge is 0.462 e. The quantitative estimate of drug-likeness (QED) is 0.577. The van der Waals surface area contributed by atoms with E-state index in [1.165, 1.54) is 11.1 Å². The number of rotatable bonds is 4. The van der Waals surface area contributed by atoms with Crippen LogP contribution < -0.4 is 10.6 Å². The molecule has 0 radical (unpaired) electrons. The lowest BCUT2D eigenvalue weighted by atomic mass is 9.88. The van der Waals surface area contributed by atoms with Crippen LogP contribution in [-0.2, 0) is 11.2 Å². The van der Waals surface area contributed by atoms with Crippen LogP contribution in [0.5, 0.6) is 0 Å². The minimum atomic E-state index is -0.427. The van der Waals surface area contributed by atoms with Gasteiger partial charge in [0.2, 0.25) is 0 Å². The number of carbonyl (C=O) groups is 1. The summed E-state index contributed by atoms with van der Waals surface area (Å²) in [5, 5.41) is 7.40. The van der Waals surface area contributed by atoms with E-state index in [0.717, 1.165) is 24.9 Å². The molecule has 6 heteroatoms. The topological polar surface area (TPSA) is 50.4 Å². The summed E-state index contributed by atoms with van der Waals surface area (Å²) in [6, 6.07) is 13.7. The van der Waals surface area contributed by atoms with Gasteiger partial charge < -0.3 is 15.4 Å². The monoisotopic (exact) mass is 388 g/mol. The first-order valence-corrected chi connectivity index (χ1v) is 9.49. The third kappa shape index (κ3) is 4.34. The van der Waals surface area contributed by atoms with E-state index in [2.05, 4.69) is 34.9 Å². The maximum Gasteiger partial charge on any atom is 0.339 e. The van der Waals surface area contributed by atoms with Crippen LogP contribution in [0.15, 0.2) is 42.5 Å². The number of benzene rings is 2. The van der Waals surface area contributed by atoms with Crippen molar-refractivity contribution in [2.24, 2.45) is 0 Å². The molecule has 0 bridgehead atoms. The van der Waals surface area contributed by atoms with Gasteiger partial charge in [0.15, 0.2) is 5.11 Å². The van der Waals surface area contributed by atoms with Gasteiger partial charge in [-0.15, -0.1) is 0 Å². The first-order valence-electron chi connectivity index (χ1n) is 8.70. The molecule has 0 spiro atoms. The van der Waals surface area contributed by atoms with Gasteiger partial charge in [-0.05, 0) is 67.7 Å². The van der Waals surface area contributed by atoms with Gasteiger partial charge in [0.25, 0.3) is 0 Å². The average molecular weight is 389 g/mol. The van der Waals surface area contributed by atoms with Gasteiger partial charge in [-0.25, -0.2) is 4.79 Å².